The maximum atomic E-state index is 10.6. The van der Waals surface area contributed by atoms with Gasteiger partial charge in [0.1, 0.15) is 0 Å². The molecule has 0 saturated heterocycles. The van der Waals surface area contributed by atoms with Gasteiger partial charge in [-0.05, 0) is 12.8 Å². The molecule has 1 aliphatic rings. The Morgan fingerprint density at radius 2 is 2.42 bits per heavy atom. The molecular formula is C7H14N2O3. The van der Waals surface area contributed by atoms with Crippen molar-refractivity contribution in [2.24, 2.45) is 5.73 Å². The van der Waals surface area contributed by atoms with Crippen LogP contribution in [0, 0.1) is 0 Å². The maximum Gasteiger partial charge on any atom is 0.406 e. The Hall–Kier alpha value is -0.810. The number of amides is 1. The highest BCUT2D eigenvalue weighted by Gasteiger charge is 2.40. The highest BCUT2D eigenvalue weighted by Crippen LogP contribution is 2.29. The molecule has 1 saturated carbocycles. The van der Waals surface area contributed by atoms with Crippen molar-refractivity contribution in [3.63, 3.8) is 0 Å². The number of rotatable bonds is 2. The SMILES string of the molecule is COC(=O)NCC1(O)CC(N)C1. The van der Waals surface area contributed by atoms with Crippen molar-refractivity contribution in [1.82, 2.24) is 5.32 Å². The highest BCUT2D eigenvalue weighted by atomic mass is 16.5. The van der Waals surface area contributed by atoms with E-state index in [0.29, 0.717) is 12.8 Å². The number of nitrogens with two attached hydrogens (primary N) is 1. The van der Waals surface area contributed by atoms with Crippen LogP contribution in [0.15, 0.2) is 0 Å². The second-order valence-electron chi connectivity index (χ2n) is 3.24. The molecule has 1 rings (SSSR count). The molecule has 0 atom stereocenters. The Morgan fingerprint density at radius 3 is 2.83 bits per heavy atom. The van der Waals surface area contributed by atoms with Crippen molar-refractivity contribution in [3.05, 3.63) is 0 Å². The standard InChI is InChI=1S/C7H14N2O3/c1-12-6(10)9-4-7(11)2-5(8)3-7/h5,11H,2-4,8H2,1H3,(H,9,10). The van der Waals surface area contributed by atoms with E-state index in [2.05, 4.69) is 10.1 Å². The molecule has 5 heteroatoms. The van der Waals surface area contributed by atoms with Gasteiger partial charge in [0.2, 0.25) is 0 Å². The van der Waals surface area contributed by atoms with E-state index >= 15 is 0 Å². The zero-order valence-corrected chi connectivity index (χ0v) is 7.04. The van der Waals surface area contributed by atoms with Gasteiger partial charge in [-0.2, -0.15) is 0 Å². The van der Waals surface area contributed by atoms with Gasteiger partial charge in [-0.15, -0.1) is 0 Å². The van der Waals surface area contributed by atoms with E-state index in [9.17, 15) is 9.90 Å². The fourth-order valence-electron chi connectivity index (χ4n) is 1.37. The number of carbonyl (C=O) groups is 1. The van der Waals surface area contributed by atoms with Crippen molar-refractivity contribution >= 4 is 6.09 Å². The summed E-state index contributed by atoms with van der Waals surface area (Å²) in [6, 6.07) is 0.0643. The largest absolute Gasteiger partial charge is 0.453 e. The first-order valence-corrected chi connectivity index (χ1v) is 3.85. The zero-order chi connectivity index (χ0) is 9.19. The van der Waals surface area contributed by atoms with Gasteiger partial charge in [0.05, 0.1) is 12.7 Å². The summed E-state index contributed by atoms with van der Waals surface area (Å²) in [5, 5.41) is 12.0. The number of methoxy groups -OCH3 is 1. The second kappa shape index (κ2) is 3.28. The summed E-state index contributed by atoms with van der Waals surface area (Å²) in [4.78, 5) is 10.6. The minimum Gasteiger partial charge on any atom is -0.453 e. The lowest BCUT2D eigenvalue weighted by molar-refractivity contribution is -0.0435. The van der Waals surface area contributed by atoms with Gasteiger partial charge >= 0.3 is 6.09 Å². The van der Waals surface area contributed by atoms with Crippen LogP contribution in [0.5, 0.6) is 0 Å². The number of nitrogens with one attached hydrogen (secondary N) is 1. The van der Waals surface area contributed by atoms with Crippen molar-refractivity contribution in [3.8, 4) is 0 Å². The van der Waals surface area contributed by atoms with Gasteiger partial charge in [-0.3, -0.25) is 0 Å². The van der Waals surface area contributed by atoms with E-state index in [4.69, 9.17) is 5.73 Å². The Bertz CT molecular complexity index is 177. The monoisotopic (exact) mass is 174 g/mol. The molecule has 70 valence electrons. The summed E-state index contributed by atoms with van der Waals surface area (Å²) < 4.78 is 4.35. The molecule has 1 aliphatic carbocycles. The lowest BCUT2D eigenvalue weighted by atomic mass is 9.76. The van der Waals surface area contributed by atoms with Crippen molar-refractivity contribution < 1.29 is 14.6 Å². The number of ether oxygens (including phenoxy) is 1. The number of alkyl carbamates (subject to hydrolysis) is 1. The summed E-state index contributed by atoms with van der Waals surface area (Å²) >= 11 is 0. The molecule has 0 heterocycles. The second-order valence-corrected chi connectivity index (χ2v) is 3.24. The average Bonchev–Trinajstić information content (AvgIpc) is 1.98. The molecule has 4 N–H and O–H groups in total. The van der Waals surface area contributed by atoms with Crippen LogP contribution in [0.4, 0.5) is 4.79 Å². The summed E-state index contributed by atoms with van der Waals surface area (Å²) in [6.07, 6.45) is 0.553. The van der Waals surface area contributed by atoms with Crippen LogP contribution in [0.1, 0.15) is 12.8 Å². The van der Waals surface area contributed by atoms with Gasteiger partial charge in [0.15, 0.2) is 0 Å². The van der Waals surface area contributed by atoms with Crippen molar-refractivity contribution in [2.45, 2.75) is 24.5 Å². The van der Waals surface area contributed by atoms with Gasteiger partial charge in [-0.1, -0.05) is 0 Å². The smallest absolute Gasteiger partial charge is 0.406 e. The number of hydrogen-bond acceptors (Lipinski definition) is 4. The summed E-state index contributed by atoms with van der Waals surface area (Å²) in [5.74, 6) is 0. The summed E-state index contributed by atoms with van der Waals surface area (Å²) in [7, 11) is 1.28. The number of carbonyl (C=O) groups excluding carboxylic acids is 1. The topological polar surface area (TPSA) is 84.6 Å². The molecule has 0 aromatic carbocycles. The van der Waals surface area contributed by atoms with E-state index in [1.165, 1.54) is 7.11 Å². The average molecular weight is 174 g/mol. The predicted molar refractivity (Wildman–Crippen MR) is 42.6 cm³/mol. The van der Waals surface area contributed by atoms with Crippen molar-refractivity contribution in [2.75, 3.05) is 13.7 Å². The Balaban J connectivity index is 2.19. The van der Waals surface area contributed by atoms with E-state index in [-0.39, 0.29) is 12.6 Å². The summed E-state index contributed by atoms with van der Waals surface area (Å²) in [6.45, 7) is 0.216. The molecule has 0 aromatic rings. The molecule has 1 fully saturated rings. The lowest BCUT2D eigenvalue weighted by Crippen LogP contribution is -2.57. The van der Waals surface area contributed by atoms with Crippen LogP contribution in [0.2, 0.25) is 0 Å². The third kappa shape index (κ3) is 2.09. The molecule has 0 spiro atoms. The quantitative estimate of drug-likeness (QED) is 0.511. The molecule has 1 amide bonds. The van der Waals surface area contributed by atoms with Crippen LogP contribution in [-0.4, -0.2) is 36.5 Å². The summed E-state index contributed by atoms with van der Waals surface area (Å²) in [5.41, 5.74) is 4.68. The molecule has 0 aromatic heterocycles. The molecule has 0 aliphatic heterocycles. The zero-order valence-electron chi connectivity index (χ0n) is 7.04. The first-order valence-electron chi connectivity index (χ1n) is 3.85. The molecule has 12 heavy (non-hydrogen) atoms. The first kappa shape index (κ1) is 9.28. The number of hydrogen-bond donors (Lipinski definition) is 3. The fourth-order valence-corrected chi connectivity index (χ4v) is 1.37. The van der Waals surface area contributed by atoms with Crippen molar-refractivity contribution in [1.29, 1.82) is 0 Å². The van der Waals surface area contributed by atoms with E-state index in [1.807, 2.05) is 0 Å². The first-order chi connectivity index (χ1) is 5.56. The van der Waals surface area contributed by atoms with Crippen LogP contribution in [0.25, 0.3) is 0 Å². The Kier molecular flexibility index (Phi) is 2.54. The maximum absolute atomic E-state index is 10.6. The van der Waals surface area contributed by atoms with E-state index in [1.54, 1.807) is 0 Å². The van der Waals surface area contributed by atoms with Gasteiger partial charge < -0.3 is 20.9 Å². The minimum atomic E-state index is -0.812. The Morgan fingerprint density at radius 1 is 1.83 bits per heavy atom. The molecule has 5 nitrogen and oxygen atoms in total. The van der Waals surface area contributed by atoms with E-state index in [0.717, 1.165) is 0 Å². The van der Waals surface area contributed by atoms with Gasteiger partial charge in [-0.25, -0.2) is 4.79 Å². The molecular weight excluding hydrogens is 160 g/mol. The molecule has 0 unspecified atom stereocenters. The Labute approximate surface area is 70.9 Å². The van der Waals surface area contributed by atoms with Crippen LogP contribution in [0.3, 0.4) is 0 Å². The normalized spacial score (nSPS) is 33.8. The molecule has 0 radical (unpaired) electrons. The van der Waals surface area contributed by atoms with E-state index < -0.39 is 11.7 Å². The minimum absolute atomic E-state index is 0.0643. The fraction of sp³-hybridized carbons (Fsp3) is 0.857. The van der Waals surface area contributed by atoms with Gasteiger partial charge in [0, 0.05) is 12.6 Å². The highest BCUT2D eigenvalue weighted by molar-refractivity contribution is 5.66. The molecule has 0 bridgehead atoms. The number of aliphatic hydroxyl groups is 1. The van der Waals surface area contributed by atoms with Crippen LogP contribution < -0.4 is 11.1 Å². The van der Waals surface area contributed by atoms with Crippen LogP contribution in [-0.2, 0) is 4.74 Å². The van der Waals surface area contributed by atoms with Gasteiger partial charge in [0.25, 0.3) is 0 Å². The third-order valence-electron chi connectivity index (χ3n) is 2.03. The predicted octanol–water partition coefficient (Wildman–Crippen LogP) is -0.805. The van der Waals surface area contributed by atoms with Crippen LogP contribution >= 0.6 is 0 Å². The third-order valence-corrected chi connectivity index (χ3v) is 2.03. The lowest BCUT2D eigenvalue weighted by Gasteiger charge is -2.41.